The van der Waals surface area contributed by atoms with Gasteiger partial charge in [0.15, 0.2) is 12.4 Å². The van der Waals surface area contributed by atoms with Crippen molar-refractivity contribution in [3.63, 3.8) is 0 Å². The highest BCUT2D eigenvalue weighted by atomic mass is 16.6. The van der Waals surface area contributed by atoms with Crippen molar-refractivity contribution in [1.82, 2.24) is 10.6 Å². The van der Waals surface area contributed by atoms with Crippen molar-refractivity contribution in [2.45, 2.75) is 58.5 Å². The van der Waals surface area contributed by atoms with Gasteiger partial charge in [-0.05, 0) is 55.2 Å². The summed E-state index contributed by atoms with van der Waals surface area (Å²) in [4.78, 5) is 37.4. The number of carbonyl (C=O) groups excluding carboxylic acids is 3. The zero-order valence-corrected chi connectivity index (χ0v) is 26.5. The fraction of sp³-hybridized carbons (Fsp3) is 0.297. The highest BCUT2D eigenvalue weighted by Gasteiger charge is 2.33. The highest BCUT2D eigenvalue weighted by molar-refractivity contribution is 5.89. The molecule has 1 aliphatic rings. The van der Waals surface area contributed by atoms with Crippen molar-refractivity contribution in [1.29, 1.82) is 0 Å². The van der Waals surface area contributed by atoms with Gasteiger partial charge in [-0.3, -0.25) is 4.79 Å². The first-order valence-corrected chi connectivity index (χ1v) is 16.0. The number of nitrogens with zero attached hydrogens (tertiary/aromatic N) is 1. The van der Waals surface area contributed by atoms with Crippen molar-refractivity contribution in [3.8, 4) is 16.9 Å². The number of nitrogens with one attached hydrogen (secondary N) is 3. The van der Waals surface area contributed by atoms with E-state index in [0.29, 0.717) is 31.7 Å². The molecule has 2 unspecified atom stereocenters. The van der Waals surface area contributed by atoms with Crippen LogP contribution in [0.2, 0.25) is 0 Å². The Hall–Kier alpha value is -5.38. The first-order chi connectivity index (χ1) is 23.0. The number of benzene rings is 3. The summed E-state index contributed by atoms with van der Waals surface area (Å²) in [6, 6.07) is 28.6. The van der Waals surface area contributed by atoms with E-state index >= 15 is 0 Å². The van der Waals surface area contributed by atoms with E-state index in [2.05, 4.69) is 28.1 Å². The molecule has 244 valence electrons. The van der Waals surface area contributed by atoms with Gasteiger partial charge in [0.05, 0.1) is 19.1 Å². The SMILES string of the molecule is CCOC(=O)C1CCCCC1NC(=O)OC[n+]1cccc(CNC(=O)Nc2ccc(COc3ccccc3-c3ccccc3)cc2)c1. The summed E-state index contributed by atoms with van der Waals surface area (Å²) >= 11 is 0. The van der Waals surface area contributed by atoms with Gasteiger partial charge in [-0.15, -0.1) is 0 Å². The average Bonchev–Trinajstić information content (AvgIpc) is 3.10. The second kappa shape index (κ2) is 16.8. The van der Waals surface area contributed by atoms with Gasteiger partial charge < -0.3 is 30.2 Å². The number of pyridine rings is 1. The van der Waals surface area contributed by atoms with E-state index in [4.69, 9.17) is 14.2 Å². The number of alkyl carbamates (subject to hydrolysis) is 1. The van der Waals surface area contributed by atoms with Gasteiger partial charge in [-0.25, -0.2) is 9.59 Å². The number of hydrogen-bond donors (Lipinski definition) is 3. The molecule has 47 heavy (non-hydrogen) atoms. The number of rotatable bonds is 12. The van der Waals surface area contributed by atoms with Crippen LogP contribution in [0.25, 0.3) is 11.1 Å². The molecular formula is C37H41N4O6+. The largest absolute Gasteiger partial charge is 0.488 e. The lowest BCUT2D eigenvalue weighted by Gasteiger charge is -2.29. The number of hydrogen-bond acceptors (Lipinski definition) is 6. The summed E-state index contributed by atoms with van der Waals surface area (Å²) in [5.41, 5.74) is 4.58. The minimum Gasteiger partial charge on any atom is -0.488 e. The van der Waals surface area contributed by atoms with Gasteiger partial charge in [0.1, 0.15) is 12.4 Å². The van der Waals surface area contributed by atoms with Crippen LogP contribution in [0.15, 0.2) is 103 Å². The third-order valence-corrected chi connectivity index (χ3v) is 7.95. The molecule has 3 amide bonds. The van der Waals surface area contributed by atoms with Crippen LogP contribution in [0.5, 0.6) is 5.75 Å². The standard InChI is InChI=1S/C37H40N4O6/c1-2-45-35(42)32-15-6-8-16-33(32)40-37(44)47-26-41-22-10-11-28(24-41)23-38-36(43)39-30-20-18-27(19-21-30)25-46-34-17-9-7-14-31(34)29-12-4-3-5-13-29/h3-5,7,9-14,17-22,24,32-33H,2,6,8,15-16,23,25-26H2,1H3,(H2-,38,39,40,43,44)/p+1. The lowest BCUT2D eigenvalue weighted by atomic mass is 9.84. The maximum atomic E-state index is 12.6. The summed E-state index contributed by atoms with van der Waals surface area (Å²) in [6.07, 6.45) is 6.23. The van der Waals surface area contributed by atoms with Crippen molar-refractivity contribution in [3.05, 3.63) is 115 Å². The van der Waals surface area contributed by atoms with Crippen LogP contribution >= 0.6 is 0 Å². The number of esters is 1. The molecule has 0 spiro atoms. The molecule has 2 atom stereocenters. The monoisotopic (exact) mass is 637 g/mol. The molecule has 5 rings (SSSR count). The zero-order chi connectivity index (χ0) is 32.8. The maximum absolute atomic E-state index is 12.6. The van der Waals surface area contributed by atoms with Crippen LogP contribution in [-0.4, -0.2) is 30.7 Å². The number of amides is 3. The number of para-hydroxylation sites is 1. The Balaban J connectivity index is 1.05. The quantitative estimate of drug-likeness (QED) is 0.123. The molecule has 1 saturated carbocycles. The molecule has 0 bridgehead atoms. The molecule has 3 aromatic carbocycles. The molecule has 1 aliphatic carbocycles. The third kappa shape index (κ3) is 9.80. The van der Waals surface area contributed by atoms with Gasteiger partial charge in [0.25, 0.3) is 6.73 Å². The van der Waals surface area contributed by atoms with E-state index in [1.54, 1.807) is 23.9 Å². The second-order valence-electron chi connectivity index (χ2n) is 11.3. The molecule has 0 saturated heterocycles. The molecule has 1 aromatic heterocycles. The van der Waals surface area contributed by atoms with Crippen LogP contribution in [0.1, 0.15) is 43.7 Å². The number of urea groups is 1. The lowest BCUT2D eigenvalue weighted by molar-refractivity contribution is -0.727. The van der Waals surface area contributed by atoms with E-state index in [9.17, 15) is 14.4 Å². The van der Waals surface area contributed by atoms with E-state index in [0.717, 1.165) is 40.8 Å². The minimum atomic E-state index is -0.587. The molecule has 10 nitrogen and oxygen atoms in total. The predicted octanol–water partition coefficient (Wildman–Crippen LogP) is 6.35. The van der Waals surface area contributed by atoms with Crippen LogP contribution in [0, 0.1) is 5.92 Å². The Morgan fingerprint density at radius 3 is 2.40 bits per heavy atom. The number of anilines is 1. The average molecular weight is 638 g/mol. The van der Waals surface area contributed by atoms with Gasteiger partial charge in [0, 0.05) is 28.9 Å². The van der Waals surface area contributed by atoms with E-state index in [1.807, 2.05) is 78.9 Å². The van der Waals surface area contributed by atoms with Gasteiger partial charge in [-0.2, -0.15) is 4.57 Å². The normalized spacial score (nSPS) is 15.6. The number of carbonyl (C=O) groups is 3. The summed E-state index contributed by atoms with van der Waals surface area (Å²) in [7, 11) is 0. The molecule has 1 fully saturated rings. The molecule has 10 heteroatoms. The Bertz CT molecular complexity index is 1630. The summed E-state index contributed by atoms with van der Waals surface area (Å²) < 4.78 is 18.4. The fourth-order valence-corrected chi connectivity index (χ4v) is 5.57. The summed E-state index contributed by atoms with van der Waals surface area (Å²) in [6.45, 7) is 2.73. The van der Waals surface area contributed by atoms with Crippen LogP contribution in [0.3, 0.4) is 0 Å². The van der Waals surface area contributed by atoms with Crippen molar-refractivity contribution in [2.75, 3.05) is 11.9 Å². The molecule has 1 heterocycles. The Kier molecular flexibility index (Phi) is 11.8. The molecular weight excluding hydrogens is 596 g/mol. The second-order valence-corrected chi connectivity index (χ2v) is 11.3. The minimum absolute atomic E-state index is 0.0173. The Labute approximate surface area is 275 Å². The predicted molar refractivity (Wildman–Crippen MR) is 177 cm³/mol. The lowest BCUT2D eigenvalue weighted by Crippen LogP contribution is -2.47. The van der Waals surface area contributed by atoms with Gasteiger partial charge in [-0.1, -0.05) is 73.5 Å². The summed E-state index contributed by atoms with van der Waals surface area (Å²) in [5, 5.41) is 8.53. The third-order valence-electron chi connectivity index (χ3n) is 7.95. The molecule has 0 radical (unpaired) electrons. The van der Waals surface area contributed by atoms with Gasteiger partial charge in [0.2, 0.25) is 0 Å². The zero-order valence-electron chi connectivity index (χ0n) is 26.5. The number of aromatic nitrogens is 1. The van der Waals surface area contributed by atoms with Crippen LogP contribution in [0.4, 0.5) is 15.3 Å². The molecule has 3 N–H and O–H groups in total. The fourth-order valence-electron chi connectivity index (χ4n) is 5.57. The molecule has 0 aliphatic heterocycles. The smallest absolute Gasteiger partial charge is 0.412 e. The van der Waals surface area contributed by atoms with Crippen molar-refractivity contribution >= 4 is 23.8 Å². The highest BCUT2D eigenvalue weighted by Crippen LogP contribution is 2.30. The van der Waals surface area contributed by atoms with E-state index in [1.165, 1.54) is 0 Å². The van der Waals surface area contributed by atoms with Gasteiger partial charge >= 0.3 is 18.1 Å². The van der Waals surface area contributed by atoms with E-state index in [-0.39, 0.29) is 37.2 Å². The Morgan fingerprint density at radius 1 is 0.830 bits per heavy atom. The topological polar surface area (TPSA) is 119 Å². The molecule has 4 aromatic rings. The summed E-state index contributed by atoms with van der Waals surface area (Å²) in [5.74, 6) is 0.171. The van der Waals surface area contributed by atoms with Crippen molar-refractivity contribution in [2.24, 2.45) is 5.92 Å². The van der Waals surface area contributed by atoms with Crippen molar-refractivity contribution < 1.29 is 33.2 Å². The van der Waals surface area contributed by atoms with Crippen LogP contribution in [-0.2, 0) is 34.2 Å². The Morgan fingerprint density at radius 2 is 1.60 bits per heavy atom. The van der Waals surface area contributed by atoms with Crippen LogP contribution < -0.4 is 25.3 Å². The van der Waals surface area contributed by atoms with E-state index < -0.39 is 6.09 Å². The first kappa shape index (κ1) is 33.0. The maximum Gasteiger partial charge on any atom is 0.412 e. The first-order valence-electron chi connectivity index (χ1n) is 16.0. The number of ether oxygens (including phenoxy) is 3.